The van der Waals surface area contributed by atoms with Crippen molar-refractivity contribution in [2.75, 3.05) is 6.54 Å². The Morgan fingerprint density at radius 1 is 1.30 bits per heavy atom. The highest BCUT2D eigenvalue weighted by Crippen LogP contribution is 1.98. The van der Waals surface area contributed by atoms with E-state index in [1.165, 1.54) is 0 Å². The zero-order valence-electron chi connectivity index (χ0n) is 6.84. The SMILES string of the molecule is CCC[CH]N(C=O)CCC. The topological polar surface area (TPSA) is 20.3 Å². The first-order valence-corrected chi connectivity index (χ1v) is 3.89. The van der Waals surface area contributed by atoms with E-state index in [1.807, 2.05) is 6.54 Å². The molecule has 1 radical (unpaired) electrons. The van der Waals surface area contributed by atoms with E-state index in [0.717, 1.165) is 32.2 Å². The maximum absolute atomic E-state index is 10.3. The predicted molar refractivity (Wildman–Crippen MR) is 42.3 cm³/mol. The van der Waals surface area contributed by atoms with E-state index in [2.05, 4.69) is 13.8 Å². The van der Waals surface area contributed by atoms with Crippen LogP contribution in [0.25, 0.3) is 0 Å². The second kappa shape index (κ2) is 6.59. The first-order chi connectivity index (χ1) is 4.85. The highest BCUT2D eigenvalue weighted by molar-refractivity contribution is 5.47. The molecule has 0 N–H and O–H groups in total. The van der Waals surface area contributed by atoms with E-state index in [9.17, 15) is 4.79 Å². The zero-order valence-corrected chi connectivity index (χ0v) is 6.84. The third-order valence-electron chi connectivity index (χ3n) is 1.27. The Balaban J connectivity index is 3.29. The number of rotatable bonds is 6. The number of carbonyl (C=O) groups excluding carboxylic acids is 1. The van der Waals surface area contributed by atoms with Gasteiger partial charge in [-0.1, -0.05) is 20.3 Å². The highest BCUT2D eigenvalue weighted by Gasteiger charge is 1.97. The van der Waals surface area contributed by atoms with Gasteiger partial charge in [-0.05, 0) is 12.8 Å². The second-order valence-corrected chi connectivity index (χ2v) is 2.31. The Kier molecular flexibility index (Phi) is 6.24. The van der Waals surface area contributed by atoms with Gasteiger partial charge in [0, 0.05) is 6.54 Å². The lowest BCUT2D eigenvalue weighted by Gasteiger charge is -2.13. The van der Waals surface area contributed by atoms with Crippen molar-refractivity contribution in [3.8, 4) is 0 Å². The van der Waals surface area contributed by atoms with Crippen LogP contribution in [0, 0.1) is 6.54 Å². The number of hydrogen-bond acceptors (Lipinski definition) is 1. The molecule has 0 saturated carbocycles. The van der Waals surface area contributed by atoms with Gasteiger partial charge in [-0.2, -0.15) is 0 Å². The van der Waals surface area contributed by atoms with Gasteiger partial charge in [0.2, 0.25) is 6.41 Å². The summed E-state index contributed by atoms with van der Waals surface area (Å²) in [6, 6.07) is 0. The van der Waals surface area contributed by atoms with Crippen LogP contribution < -0.4 is 0 Å². The van der Waals surface area contributed by atoms with Gasteiger partial charge in [0.05, 0.1) is 6.54 Å². The first kappa shape index (κ1) is 9.47. The van der Waals surface area contributed by atoms with Crippen molar-refractivity contribution < 1.29 is 4.79 Å². The van der Waals surface area contributed by atoms with E-state index < -0.39 is 0 Å². The maximum atomic E-state index is 10.3. The largest absolute Gasteiger partial charge is 0.340 e. The normalized spacial score (nSPS) is 9.40. The van der Waals surface area contributed by atoms with E-state index in [4.69, 9.17) is 0 Å². The van der Waals surface area contributed by atoms with Crippen LogP contribution in [-0.2, 0) is 4.79 Å². The van der Waals surface area contributed by atoms with Crippen molar-refractivity contribution in [1.82, 2.24) is 4.90 Å². The molecular formula is C8H16NO. The predicted octanol–water partition coefficient (Wildman–Crippen LogP) is 1.82. The molecule has 1 amide bonds. The number of carbonyl (C=O) groups is 1. The average molecular weight is 142 g/mol. The Hall–Kier alpha value is -0.530. The van der Waals surface area contributed by atoms with Gasteiger partial charge < -0.3 is 4.90 Å². The fourth-order valence-electron chi connectivity index (χ4n) is 0.740. The molecule has 0 aromatic rings. The smallest absolute Gasteiger partial charge is 0.210 e. The Bertz CT molecular complexity index is 83.3. The molecule has 0 unspecified atom stereocenters. The van der Waals surface area contributed by atoms with Crippen molar-refractivity contribution in [3.63, 3.8) is 0 Å². The van der Waals surface area contributed by atoms with Crippen LogP contribution in [0.2, 0.25) is 0 Å². The van der Waals surface area contributed by atoms with Gasteiger partial charge in [-0.25, -0.2) is 0 Å². The lowest BCUT2D eigenvalue weighted by molar-refractivity contribution is -0.116. The summed E-state index contributed by atoms with van der Waals surface area (Å²) in [7, 11) is 0. The van der Waals surface area contributed by atoms with Gasteiger partial charge in [0.15, 0.2) is 0 Å². The minimum atomic E-state index is 0.851. The van der Waals surface area contributed by atoms with Crippen molar-refractivity contribution in [2.24, 2.45) is 0 Å². The van der Waals surface area contributed by atoms with Crippen molar-refractivity contribution >= 4 is 6.41 Å². The summed E-state index contributed by atoms with van der Waals surface area (Å²) in [5.74, 6) is 0. The van der Waals surface area contributed by atoms with Gasteiger partial charge in [-0.15, -0.1) is 0 Å². The molecule has 0 saturated heterocycles. The summed E-state index contributed by atoms with van der Waals surface area (Å²) in [5.41, 5.74) is 0. The molecule has 0 spiro atoms. The third kappa shape index (κ3) is 4.36. The molecule has 59 valence electrons. The van der Waals surface area contributed by atoms with Gasteiger partial charge in [-0.3, -0.25) is 4.79 Å². The molecule has 2 heteroatoms. The molecule has 0 atom stereocenters. The maximum Gasteiger partial charge on any atom is 0.210 e. The van der Waals surface area contributed by atoms with Crippen molar-refractivity contribution in [2.45, 2.75) is 33.1 Å². The fourth-order valence-corrected chi connectivity index (χ4v) is 0.740. The van der Waals surface area contributed by atoms with E-state index in [0.29, 0.717) is 0 Å². The molecule has 0 aromatic carbocycles. The van der Waals surface area contributed by atoms with Crippen LogP contribution in [-0.4, -0.2) is 17.9 Å². The van der Waals surface area contributed by atoms with Crippen LogP contribution >= 0.6 is 0 Å². The van der Waals surface area contributed by atoms with Gasteiger partial charge >= 0.3 is 0 Å². The summed E-state index contributed by atoms with van der Waals surface area (Å²) in [6.45, 7) is 6.97. The van der Waals surface area contributed by atoms with Crippen LogP contribution in [0.5, 0.6) is 0 Å². The Morgan fingerprint density at radius 2 is 2.00 bits per heavy atom. The monoisotopic (exact) mass is 142 g/mol. The quantitative estimate of drug-likeness (QED) is 0.518. The molecule has 0 bridgehead atoms. The van der Waals surface area contributed by atoms with E-state index in [-0.39, 0.29) is 0 Å². The number of amides is 1. The molecule has 0 fully saturated rings. The summed E-state index contributed by atoms with van der Waals surface area (Å²) in [4.78, 5) is 12.0. The average Bonchev–Trinajstić information content (AvgIpc) is 1.98. The van der Waals surface area contributed by atoms with Crippen molar-refractivity contribution in [3.05, 3.63) is 6.54 Å². The summed E-state index contributed by atoms with van der Waals surface area (Å²) in [5, 5.41) is 0. The summed E-state index contributed by atoms with van der Waals surface area (Å²) in [6.07, 6.45) is 4.02. The van der Waals surface area contributed by atoms with Gasteiger partial charge in [0.1, 0.15) is 0 Å². The number of unbranched alkanes of at least 4 members (excludes halogenated alkanes) is 1. The Labute approximate surface area is 63.2 Å². The lowest BCUT2D eigenvalue weighted by Crippen LogP contribution is -2.19. The van der Waals surface area contributed by atoms with Crippen LogP contribution in [0.1, 0.15) is 33.1 Å². The van der Waals surface area contributed by atoms with E-state index >= 15 is 0 Å². The van der Waals surface area contributed by atoms with Crippen LogP contribution in [0.3, 0.4) is 0 Å². The Morgan fingerprint density at radius 3 is 2.40 bits per heavy atom. The standard InChI is InChI=1S/C8H16NO/c1-3-5-7-9(8-10)6-4-2/h7-8H,3-6H2,1-2H3. The molecule has 10 heavy (non-hydrogen) atoms. The molecular weight excluding hydrogens is 126 g/mol. The fraction of sp³-hybridized carbons (Fsp3) is 0.750. The second-order valence-electron chi connectivity index (χ2n) is 2.31. The van der Waals surface area contributed by atoms with Gasteiger partial charge in [0.25, 0.3) is 0 Å². The summed E-state index contributed by atoms with van der Waals surface area (Å²) < 4.78 is 0. The number of nitrogens with zero attached hydrogens (tertiary/aromatic N) is 1. The van der Waals surface area contributed by atoms with E-state index in [1.54, 1.807) is 4.90 Å². The third-order valence-corrected chi connectivity index (χ3v) is 1.27. The summed E-state index contributed by atoms with van der Waals surface area (Å²) >= 11 is 0. The lowest BCUT2D eigenvalue weighted by atomic mass is 10.3. The zero-order chi connectivity index (χ0) is 7.82. The molecule has 0 aliphatic rings. The molecule has 0 heterocycles. The molecule has 0 aliphatic carbocycles. The minimum absolute atomic E-state index is 0.851. The van der Waals surface area contributed by atoms with Crippen molar-refractivity contribution in [1.29, 1.82) is 0 Å². The first-order valence-electron chi connectivity index (χ1n) is 3.89. The molecule has 0 aromatic heterocycles. The molecule has 2 nitrogen and oxygen atoms in total. The van der Waals surface area contributed by atoms with Crippen LogP contribution in [0.4, 0.5) is 0 Å². The van der Waals surface area contributed by atoms with Crippen LogP contribution in [0.15, 0.2) is 0 Å². The number of hydrogen-bond donors (Lipinski definition) is 0. The molecule has 0 aliphatic heterocycles. The molecule has 0 rings (SSSR count). The minimum Gasteiger partial charge on any atom is -0.340 e. The highest BCUT2D eigenvalue weighted by atomic mass is 16.1.